The Morgan fingerprint density at radius 2 is 1.90 bits per heavy atom. The van der Waals surface area contributed by atoms with Gasteiger partial charge in [0.25, 0.3) is 0 Å². The van der Waals surface area contributed by atoms with Crippen LogP contribution < -0.4 is 5.32 Å². The van der Waals surface area contributed by atoms with E-state index in [4.69, 9.17) is 16.1 Å². The molecule has 2 aromatic carbocycles. The highest BCUT2D eigenvalue weighted by Gasteiger charge is 2.26. The van der Waals surface area contributed by atoms with Gasteiger partial charge in [0.15, 0.2) is 0 Å². The molecule has 4 rings (SSSR count). The molecule has 1 unspecified atom stereocenters. The fourth-order valence-corrected chi connectivity index (χ4v) is 2.80. The Morgan fingerprint density at radius 1 is 1.10 bits per heavy atom. The summed E-state index contributed by atoms with van der Waals surface area (Å²) >= 11 is 6.16. The number of nitrogens with zero attached hydrogens (tertiary/aromatic N) is 2. The number of fused-ring (bicyclic) bond motifs is 1. The normalized spacial score (nSPS) is 16.5. The molecular weight excluding hydrogens is 286 g/mol. The molecule has 0 saturated carbocycles. The molecule has 3 aromatic rings. The summed E-state index contributed by atoms with van der Waals surface area (Å²) in [5.74, 6) is 1.11. The van der Waals surface area contributed by atoms with Crippen molar-refractivity contribution < 1.29 is 4.52 Å². The number of hydrogen-bond acceptors (Lipinski definition) is 4. The Morgan fingerprint density at radius 3 is 2.76 bits per heavy atom. The molecule has 21 heavy (non-hydrogen) atoms. The first-order valence-electron chi connectivity index (χ1n) is 6.74. The van der Waals surface area contributed by atoms with Crippen LogP contribution in [0.25, 0.3) is 11.4 Å². The Bertz CT molecular complexity index is 774. The van der Waals surface area contributed by atoms with Gasteiger partial charge < -0.3 is 9.84 Å². The third-order valence-corrected chi connectivity index (χ3v) is 3.96. The lowest BCUT2D eigenvalue weighted by molar-refractivity contribution is 0.364. The van der Waals surface area contributed by atoms with Crippen LogP contribution in [0.4, 0.5) is 5.69 Å². The van der Waals surface area contributed by atoms with E-state index in [2.05, 4.69) is 27.6 Å². The van der Waals surface area contributed by atoms with Crippen molar-refractivity contribution in [3.05, 3.63) is 65.0 Å². The number of rotatable bonds is 2. The van der Waals surface area contributed by atoms with Crippen molar-refractivity contribution in [2.24, 2.45) is 0 Å². The molecular formula is C16H12ClN3O. The number of anilines is 1. The van der Waals surface area contributed by atoms with Crippen LogP contribution in [-0.2, 0) is 6.42 Å². The van der Waals surface area contributed by atoms with Gasteiger partial charge in [-0.2, -0.15) is 4.98 Å². The van der Waals surface area contributed by atoms with Crippen molar-refractivity contribution >= 4 is 17.3 Å². The number of aromatic nitrogens is 2. The van der Waals surface area contributed by atoms with Gasteiger partial charge in [0.2, 0.25) is 11.7 Å². The lowest BCUT2D eigenvalue weighted by Crippen LogP contribution is -2.05. The van der Waals surface area contributed by atoms with Gasteiger partial charge in [-0.15, -0.1) is 0 Å². The van der Waals surface area contributed by atoms with Crippen molar-refractivity contribution in [3.8, 4) is 11.4 Å². The molecule has 1 N–H and O–H groups in total. The van der Waals surface area contributed by atoms with Crippen LogP contribution in [0, 0.1) is 0 Å². The summed E-state index contributed by atoms with van der Waals surface area (Å²) in [7, 11) is 0. The minimum absolute atomic E-state index is 0.0196. The Balaban J connectivity index is 1.63. The van der Waals surface area contributed by atoms with Gasteiger partial charge in [-0.25, -0.2) is 0 Å². The molecule has 0 amide bonds. The maximum Gasteiger partial charge on any atom is 0.249 e. The van der Waals surface area contributed by atoms with Gasteiger partial charge in [0.05, 0.1) is 5.02 Å². The quantitative estimate of drug-likeness (QED) is 0.773. The summed E-state index contributed by atoms with van der Waals surface area (Å²) < 4.78 is 5.41. The standard InChI is InChI=1S/C16H12ClN3O/c17-12-7-3-2-6-11(12)15-19-16(21-20-15)14-9-10-5-1-4-8-13(10)18-14/h1-8,14,18H,9H2. The number of para-hydroxylation sites is 1. The van der Waals surface area contributed by atoms with E-state index in [1.54, 1.807) is 0 Å². The smallest absolute Gasteiger partial charge is 0.249 e. The lowest BCUT2D eigenvalue weighted by atomic mass is 10.1. The topological polar surface area (TPSA) is 51.0 Å². The van der Waals surface area contributed by atoms with Gasteiger partial charge >= 0.3 is 0 Å². The summed E-state index contributed by atoms with van der Waals surface area (Å²) in [4.78, 5) is 4.48. The molecule has 5 heteroatoms. The monoisotopic (exact) mass is 297 g/mol. The average Bonchev–Trinajstić information content (AvgIpc) is 3.14. The second-order valence-corrected chi connectivity index (χ2v) is 5.40. The summed E-state index contributed by atoms with van der Waals surface area (Å²) in [6.45, 7) is 0. The molecule has 0 radical (unpaired) electrons. The maximum absolute atomic E-state index is 6.16. The SMILES string of the molecule is Clc1ccccc1-c1noc(C2Cc3ccccc3N2)n1. The summed E-state index contributed by atoms with van der Waals surface area (Å²) in [5.41, 5.74) is 3.17. The van der Waals surface area contributed by atoms with Crippen LogP contribution in [-0.4, -0.2) is 10.1 Å². The van der Waals surface area contributed by atoms with Gasteiger partial charge in [-0.1, -0.05) is 47.1 Å². The van der Waals surface area contributed by atoms with Gasteiger partial charge in [0.1, 0.15) is 6.04 Å². The van der Waals surface area contributed by atoms with E-state index >= 15 is 0 Å². The Kier molecular flexibility index (Phi) is 2.89. The molecule has 0 bridgehead atoms. The zero-order valence-electron chi connectivity index (χ0n) is 11.1. The number of benzene rings is 2. The van der Waals surface area contributed by atoms with Crippen LogP contribution in [0.2, 0.25) is 5.02 Å². The zero-order valence-corrected chi connectivity index (χ0v) is 11.8. The summed E-state index contributed by atoms with van der Waals surface area (Å²) in [5, 5.41) is 8.06. The summed E-state index contributed by atoms with van der Waals surface area (Å²) in [6.07, 6.45) is 0.848. The van der Waals surface area contributed by atoms with Crippen molar-refractivity contribution in [1.82, 2.24) is 10.1 Å². The van der Waals surface area contributed by atoms with Crippen LogP contribution in [0.1, 0.15) is 17.5 Å². The molecule has 2 heterocycles. The highest BCUT2D eigenvalue weighted by atomic mass is 35.5. The highest BCUT2D eigenvalue weighted by molar-refractivity contribution is 6.33. The first-order chi connectivity index (χ1) is 10.3. The molecule has 1 aliphatic rings. The molecule has 4 nitrogen and oxygen atoms in total. The number of hydrogen-bond donors (Lipinski definition) is 1. The second kappa shape index (κ2) is 4.90. The molecule has 0 aliphatic carbocycles. The fourth-order valence-electron chi connectivity index (χ4n) is 2.58. The Labute approximate surface area is 126 Å². The van der Waals surface area contributed by atoms with Crippen LogP contribution in [0.5, 0.6) is 0 Å². The minimum atomic E-state index is 0.0196. The second-order valence-electron chi connectivity index (χ2n) is 4.99. The number of nitrogens with one attached hydrogen (secondary N) is 1. The van der Waals surface area contributed by atoms with Gasteiger partial charge in [0, 0.05) is 17.7 Å². The van der Waals surface area contributed by atoms with E-state index in [-0.39, 0.29) is 6.04 Å². The third kappa shape index (κ3) is 2.17. The fraction of sp³-hybridized carbons (Fsp3) is 0.125. The average molecular weight is 298 g/mol. The molecule has 104 valence electrons. The van der Waals surface area contributed by atoms with Crippen LogP contribution >= 0.6 is 11.6 Å². The predicted molar refractivity (Wildman–Crippen MR) is 81.3 cm³/mol. The number of halogens is 1. The molecule has 0 fully saturated rings. The minimum Gasteiger partial charge on any atom is -0.373 e. The zero-order chi connectivity index (χ0) is 14.2. The van der Waals surface area contributed by atoms with E-state index in [1.807, 2.05) is 36.4 Å². The highest BCUT2D eigenvalue weighted by Crippen LogP contribution is 2.34. The van der Waals surface area contributed by atoms with Gasteiger partial charge in [-0.3, -0.25) is 0 Å². The van der Waals surface area contributed by atoms with Crippen molar-refractivity contribution in [2.75, 3.05) is 5.32 Å². The first-order valence-corrected chi connectivity index (χ1v) is 7.12. The van der Waals surface area contributed by atoms with Crippen LogP contribution in [0.15, 0.2) is 53.1 Å². The molecule has 1 aromatic heterocycles. The van der Waals surface area contributed by atoms with Crippen LogP contribution in [0.3, 0.4) is 0 Å². The van der Waals surface area contributed by atoms with E-state index in [0.29, 0.717) is 16.7 Å². The largest absolute Gasteiger partial charge is 0.373 e. The van der Waals surface area contributed by atoms with E-state index in [1.165, 1.54) is 5.56 Å². The van der Waals surface area contributed by atoms with Crippen molar-refractivity contribution in [2.45, 2.75) is 12.5 Å². The lowest BCUT2D eigenvalue weighted by Gasteiger charge is -2.04. The van der Waals surface area contributed by atoms with E-state index in [9.17, 15) is 0 Å². The molecule has 1 atom stereocenters. The van der Waals surface area contributed by atoms with E-state index < -0.39 is 0 Å². The molecule has 1 aliphatic heterocycles. The van der Waals surface area contributed by atoms with E-state index in [0.717, 1.165) is 17.7 Å². The molecule has 0 spiro atoms. The third-order valence-electron chi connectivity index (χ3n) is 3.63. The predicted octanol–water partition coefficient (Wildman–Crippen LogP) is 4.10. The Hall–Kier alpha value is -2.33. The first kappa shape index (κ1) is 12.4. The van der Waals surface area contributed by atoms with Gasteiger partial charge in [-0.05, 0) is 23.8 Å². The maximum atomic E-state index is 6.16. The van der Waals surface area contributed by atoms with Crippen molar-refractivity contribution in [1.29, 1.82) is 0 Å². The van der Waals surface area contributed by atoms with Crippen molar-refractivity contribution in [3.63, 3.8) is 0 Å². The molecule has 0 saturated heterocycles. The summed E-state index contributed by atoms with van der Waals surface area (Å²) in [6, 6.07) is 15.7.